The van der Waals surface area contributed by atoms with Crippen molar-refractivity contribution in [1.82, 2.24) is 5.32 Å². The summed E-state index contributed by atoms with van der Waals surface area (Å²) in [5, 5.41) is 3.07. The van der Waals surface area contributed by atoms with E-state index in [0.29, 0.717) is 16.0 Å². The zero-order chi connectivity index (χ0) is 14.4. The van der Waals surface area contributed by atoms with Crippen LogP contribution in [0, 0.1) is 12.3 Å². The maximum atomic E-state index is 12.2. The highest BCUT2D eigenvalue weighted by Gasteiger charge is 2.58. The predicted molar refractivity (Wildman–Crippen MR) is 76.2 cm³/mol. The molecule has 1 amide bonds. The number of carbonyl (C=O) groups is 1. The summed E-state index contributed by atoms with van der Waals surface area (Å²) in [7, 11) is 1.72. The monoisotopic (exact) mass is 329 g/mol. The van der Waals surface area contributed by atoms with Crippen LogP contribution in [-0.4, -0.2) is 24.7 Å². The van der Waals surface area contributed by atoms with Gasteiger partial charge in [-0.1, -0.05) is 13.8 Å². The minimum absolute atomic E-state index is 0.0910. The highest BCUT2D eigenvalue weighted by molar-refractivity contribution is 9.10. The third-order valence-electron chi connectivity index (χ3n) is 4.72. The van der Waals surface area contributed by atoms with Crippen LogP contribution in [-0.2, 0) is 4.74 Å². The third-order valence-corrected chi connectivity index (χ3v) is 5.11. The highest BCUT2D eigenvalue weighted by atomic mass is 79.9. The molecule has 2 unspecified atom stereocenters. The average Bonchev–Trinajstić information content (AvgIpc) is 2.67. The van der Waals surface area contributed by atoms with Gasteiger partial charge in [0.05, 0.1) is 11.2 Å². The first-order valence-corrected chi connectivity index (χ1v) is 7.12. The minimum atomic E-state index is -0.184. The van der Waals surface area contributed by atoms with E-state index in [1.807, 2.05) is 0 Å². The van der Waals surface area contributed by atoms with E-state index in [-0.39, 0.29) is 23.0 Å². The Morgan fingerprint density at radius 1 is 1.53 bits per heavy atom. The number of hydrogen-bond donors (Lipinski definition) is 1. The maximum absolute atomic E-state index is 12.2. The largest absolute Gasteiger partial charge is 0.454 e. The van der Waals surface area contributed by atoms with Gasteiger partial charge in [-0.15, -0.1) is 0 Å². The van der Waals surface area contributed by atoms with Gasteiger partial charge in [0.25, 0.3) is 5.91 Å². The van der Waals surface area contributed by atoms with Gasteiger partial charge >= 0.3 is 0 Å². The Labute approximate surface area is 122 Å². The molecular weight excluding hydrogens is 310 g/mol. The molecule has 106 valence electrons. The molecule has 1 aromatic heterocycles. The molecule has 2 rings (SSSR count). The summed E-state index contributed by atoms with van der Waals surface area (Å²) in [5.41, 5.74) is 0.303. The molecule has 1 aliphatic carbocycles. The standard InChI is InChI=1S/C14H20BrNO3/c1-8-9(6-11(15)19-8)12(17)16-10-7-14(4,18-5)13(10,2)3/h6,10H,7H2,1-5H3,(H,16,17). The molecule has 5 heteroatoms. The quantitative estimate of drug-likeness (QED) is 0.925. The molecule has 1 aliphatic rings. The van der Waals surface area contributed by atoms with Crippen LogP contribution in [0.4, 0.5) is 0 Å². The van der Waals surface area contributed by atoms with E-state index in [4.69, 9.17) is 9.15 Å². The Kier molecular flexibility index (Phi) is 3.56. The normalized spacial score (nSPS) is 28.8. The van der Waals surface area contributed by atoms with Crippen LogP contribution in [0.1, 0.15) is 43.3 Å². The van der Waals surface area contributed by atoms with Crippen LogP contribution in [0.3, 0.4) is 0 Å². The fourth-order valence-corrected chi connectivity index (χ4v) is 3.10. The van der Waals surface area contributed by atoms with Crippen molar-refractivity contribution in [3.8, 4) is 0 Å². The number of hydrogen-bond acceptors (Lipinski definition) is 3. The highest BCUT2D eigenvalue weighted by Crippen LogP contribution is 2.51. The lowest BCUT2D eigenvalue weighted by Gasteiger charge is -2.59. The van der Waals surface area contributed by atoms with Crippen LogP contribution < -0.4 is 5.32 Å². The molecule has 1 saturated carbocycles. The van der Waals surface area contributed by atoms with Crippen molar-refractivity contribution < 1.29 is 13.9 Å². The van der Waals surface area contributed by atoms with Gasteiger partial charge in [-0.05, 0) is 36.2 Å². The van der Waals surface area contributed by atoms with Crippen molar-refractivity contribution >= 4 is 21.8 Å². The zero-order valence-electron chi connectivity index (χ0n) is 12.0. The van der Waals surface area contributed by atoms with Crippen LogP contribution in [0.2, 0.25) is 0 Å². The predicted octanol–water partition coefficient (Wildman–Crippen LogP) is 3.28. The van der Waals surface area contributed by atoms with Crippen molar-refractivity contribution in [2.75, 3.05) is 7.11 Å². The summed E-state index contributed by atoms with van der Waals surface area (Å²) >= 11 is 3.23. The van der Waals surface area contributed by atoms with Gasteiger partial charge in [0, 0.05) is 24.6 Å². The SMILES string of the molecule is COC1(C)CC(NC(=O)c2cc(Br)oc2C)C1(C)C. The smallest absolute Gasteiger partial charge is 0.255 e. The number of methoxy groups -OCH3 is 1. The fraction of sp³-hybridized carbons (Fsp3) is 0.643. The molecule has 0 aromatic carbocycles. The molecule has 0 aliphatic heterocycles. The van der Waals surface area contributed by atoms with Crippen LogP contribution in [0.15, 0.2) is 15.2 Å². The fourth-order valence-electron chi connectivity index (χ4n) is 2.63. The molecule has 0 bridgehead atoms. The van der Waals surface area contributed by atoms with E-state index in [2.05, 4.69) is 42.0 Å². The second kappa shape index (κ2) is 4.63. The first kappa shape index (κ1) is 14.6. The first-order valence-electron chi connectivity index (χ1n) is 6.33. The van der Waals surface area contributed by atoms with Gasteiger partial charge in [-0.2, -0.15) is 0 Å². The van der Waals surface area contributed by atoms with Crippen molar-refractivity contribution in [3.63, 3.8) is 0 Å². The van der Waals surface area contributed by atoms with Crippen molar-refractivity contribution in [1.29, 1.82) is 0 Å². The van der Waals surface area contributed by atoms with Gasteiger partial charge in [0.2, 0.25) is 0 Å². The Bertz CT molecular complexity index is 509. The molecule has 0 saturated heterocycles. The van der Waals surface area contributed by atoms with Crippen molar-refractivity contribution in [3.05, 3.63) is 22.1 Å². The molecule has 1 aromatic rings. The van der Waals surface area contributed by atoms with E-state index in [1.54, 1.807) is 20.1 Å². The Balaban J connectivity index is 2.08. The molecule has 1 heterocycles. The van der Waals surface area contributed by atoms with Crippen molar-refractivity contribution in [2.24, 2.45) is 5.41 Å². The zero-order valence-corrected chi connectivity index (χ0v) is 13.6. The second-order valence-electron chi connectivity index (χ2n) is 5.91. The molecular formula is C14H20BrNO3. The van der Waals surface area contributed by atoms with Gasteiger partial charge in [-0.25, -0.2) is 0 Å². The van der Waals surface area contributed by atoms with Gasteiger partial charge in [0.1, 0.15) is 5.76 Å². The molecule has 1 fully saturated rings. The molecule has 4 nitrogen and oxygen atoms in total. The molecule has 0 radical (unpaired) electrons. The van der Waals surface area contributed by atoms with Gasteiger partial charge in [-0.3, -0.25) is 4.79 Å². The van der Waals surface area contributed by atoms with Gasteiger partial charge < -0.3 is 14.5 Å². The summed E-state index contributed by atoms with van der Waals surface area (Å²) in [4.78, 5) is 12.2. The Morgan fingerprint density at radius 3 is 2.58 bits per heavy atom. The number of rotatable bonds is 3. The Hall–Kier alpha value is -0.810. The molecule has 19 heavy (non-hydrogen) atoms. The maximum Gasteiger partial charge on any atom is 0.255 e. The minimum Gasteiger partial charge on any atom is -0.454 e. The summed E-state index contributed by atoms with van der Waals surface area (Å²) in [6.45, 7) is 8.09. The van der Waals surface area contributed by atoms with Crippen LogP contribution in [0.25, 0.3) is 0 Å². The topological polar surface area (TPSA) is 51.5 Å². The summed E-state index contributed by atoms with van der Waals surface area (Å²) in [5.74, 6) is 0.527. The van der Waals surface area contributed by atoms with E-state index < -0.39 is 0 Å². The number of halogens is 1. The molecule has 0 spiro atoms. The lowest BCUT2D eigenvalue weighted by molar-refractivity contribution is -0.177. The summed E-state index contributed by atoms with van der Waals surface area (Å²) in [6, 6.07) is 1.81. The molecule has 2 atom stereocenters. The van der Waals surface area contributed by atoms with Gasteiger partial charge in [0.15, 0.2) is 4.67 Å². The lowest BCUT2D eigenvalue weighted by atomic mass is 9.56. The third kappa shape index (κ3) is 2.23. The van der Waals surface area contributed by atoms with E-state index in [0.717, 1.165) is 6.42 Å². The van der Waals surface area contributed by atoms with Crippen LogP contribution >= 0.6 is 15.9 Å². The number of aryl methyl sites for hydroxylation is 1. The number of carbonyl (C=O) groups excluding carboxylic acids is 1. The molecule has 1 N–H and O–H groups in total. The number of ether oxygens (including phenoxy) is 1. The number of amides is 1. The summed E-state index contributed by atoms with van der Waals surface area (Å²) in [6.07, 6.45) is 0.820. The number of nitrogens with one attached hydrogen (secondary N) is 1. The van der Waals surface area contributed by atoms with Crippen molar-refractivity contribution in [2.45, 2.75) is 45.8 Å². The average molecular weight is 330 g/mol. The number of furan rings is 1. The second-order valence-corrected chi connectivity index (χ2v) is 6.69. The van der Waals surface area contributed by atoms with E-state index >= 15 is 0 Å². The Morgan fingerprint density at radius 2 is 2.16 bits per heavy atom. The van der Waals surface area contributed by atoms with E-state index in [9.17, 15) is 4.79 Å². The summed E-state index contributed by atoms with van der Waals surface area (Å²) < 4.78 is 11.4. The first-order chi connectivity index (χ1) is 8.71. The van der Waals surface area contributed by atoms with Crippen LogP contribution in [0.5, 0.6) is 0 Å². The lowest BCUT2D eigenvalue weighted by Crippen LogP contribution is -2.68. The van der Waals surface area contributed by atoms with E-state index in [1.165, 1.54) is 0 Å².